The van der Waals surface area contributed by atoms with E-state index in [2.05, 4.69) is 5.32 Å². The zero-order valence-corrected chi connectivity index (χ0v) is 10.5. The van der Waals surface area contributed by atoms with E-state index in [-0.39, 0.29) is 24.4 Å². The van der Waals surface area contributed by atoms with Gasteiger partial charge in [-0.2, -0.15) is 0 Å². The van der Waals surface area contributed by atoms with E-state index in [9.17, 15) is 9.59 Å². The second-order valence-electron chi connectivity index (χ2n) is 4.32. The Bertz CT molecular complexity index is 241. The number of urea groups is 1. The summed E-state index contributed by atoms with van der Waals surface area (Å²) in [7, 11) is 1.71. The molecule has 0 spiro atoms. The average molecular weight is 230 g/mol. The van der Waals surface area contributed by atoms with Crippen LogP contribution in [0.25, 0.3) is 0 Å². The van der Waals surface area contributed by atoms with Crippen LogP contribution in [0.15, 0.2) is 0 Å². The van der Waals surface area contributed by atoms with Crippen LogP contribution in [0.4, 0.5) is 4.79 Å². The van der Waals surface area contributed by atoms with E-state index in [1.165, 1.54) is 0 Å². The molecule has 0 aliphatic rings. The summed E-state index contributed by atoms with van der Waals surface area (Å²) in [5, 5.41) is 11.5. The summed E-state index contributed by atoms with van der Waals surface area (Å²) < 4.78 is 0. The van der Waals surface area contributed by atoms with Crippen molar-refractivity contribution in [1.29, 1.82) is 0 Å². The highest BCUT2D eigenvalue weighted by Gasteiger charge is 2.20. The van der Waals surface area contributed by atoms with Crippen LogP contribution >= 0.6 is 0 Å². The largest absolute Gasteiger partial charge is 0.481 e. The topological polar surface area (TPSA) is 69.6 Å². The molecule has 0 heterocycles. The molecule has 2 amide bonds. The van der Waals surface area contributed by atoms with Crippen LogP contribution in [-0.4, -0.2) is 41.6 Å². The third-order valence-corrected chi connectivity index (χ3v) is 2.41. The van der Waals surface area contributed by atoms with E-state index < -0.39 is 5.97 Å². The maximum absolute atomic E-state index is 11.7. The lowest BCUT2D eigenvalue weighted by molar-refractivity contribution is -0.137. The summed E-state index contributed by atoms with van der Waals surface area (Å²) in [6.07, 6.45) is 0.846. The van der Waals surface area contributed by atoms with Crippen molar-refractivity contribution in [3.63, 3.8) is 0 Å². The van der Waals surface area contributed by atoms with Gasteiger partial charge in [0.1, 0.15) is 0 Å². The quantitative estimate of drug-likeness (QED) is 0.727. The van der Waals surface area contributed by atoms with Gasteiger partial charge in [-0.15, -0.1) is 0 Å². The van der Waals surface area contributed by atoms with Crippen molar-refractivity contribution in [2.24, 2.45) is 5.92 Å². The fraction of sp³-hybridized carbons (Fsp3) is 0.818. The second-order valence-corrected chi connectivity index (χ2v) is 4.32. The first kappa shape index (κ1) is 14.7. The van der Waals surface area contributed by atoms with Gasteiger partial charge in [-0.1, -0.05) is 20.8 Å². The van der Waals surface area contributed by atoms with Crippen LogP contribution in [0.5, 0.6) is 0 Å². The van der Waals surface area contributed by atoms with Crippen LogP contribution in [-0.2, 0) is 4.79 Å². The van der Waals surface area contributed by atoms with Gasteiger partial charge in [-0.3, -0.25) is 4.79 Å². The van der Waals surface area contributed by atoms with E-state index in [1.54, 1.807) is 11.9 Å². The van der Waals surface area contributed by atoms with E-state index in [0.29, 0.717) is 6.54 Å². The molecule has 0 aromatic rings. The first-order valence-corrected chi connectivity index (χ1v) is 5.61. The highest BCUT2D eigenvalue weighted by molar-refractivity contribution is 5.75. The summed E-state index contributed by atoms with van der Waals surface area (Å²) in [5.74, 6) is -0.785. The molecule has 0 aliphatic heterocycles. The lowest BCUT2D eigenvalue weighted by Gasteiger charge is -2.24. The highest BCUT2D eigenvalue weighted by atomic mass is 16.4. The molecule has 5 heteroatoms. The molecule has 94 valence electrons. The molecular weight excluding hydrogens is 208 g/mol. The Morgan fingerprint density at radius 1 is 1.38 bits per heavy atom. The van der Waals surface area contributed by atoms with E-state index >= 15 is 0 Å². The normalized spacial score (nSPS) is 12.3. The van der Waals surface area contributed by atoms with Crippen LogP contribution in [0.3, 0.4) is 0 Å². The lowest BCUT2D eigenvalue weighted by atomic mass is 10.0. The van der Waals surface area contributed by atoms with Gasteiger partial charge in [-0.25, -0.2) is 4.79 Å². The van der Waals surface area contributed by atoms with Crippen molar-refractivity contribution in [2.45, 2.75) is 39.7 Å². The SMILES string of the molecule is CCCN(C)C(=O)NC(CC(=O)O)C(C)C. The standard InChI is InChI=1S/C11H22N2O3/c1-5-6-13(4)11(16)12-9(8(2)3)7-10(14)15/h8-9H,5-7H2,1-4H3,(H,12,16)(H,14,15). The van der Waals surface area contributed by atoms with Gasteiger partial charge in [0.05, 0.1) is 6.42 Å². The van der Waals surface area contributed by atoms with Crippen LogP contribution < -0.4 is 5.32 Å². The summed E-state index contributed by atoms with van der Waals surface area (Å²) in [4.78, 5) is 23.8. The number of nitrogens with one attached hydrogen (secondary N) is 1. The van der Waals surface area contributed by atoms with Crippen molar-refractivity contribution in [3.05, 3.63) is 0 Å². The van der Waals surface area contributed by atoms with Gasteiger partial charge in [-0.05, 0) is 12.3 Å². The van der Waals surface area contributed by atoms with Gasteiger partial charge in [0.25, 0.3) is 0 Å². The Balaban J connectivity index is 4.28. The molecule has 0 radical (unpaired) electrons. The molecular formula is C11H22N2O3. The molecule has 0 bridgehead atoms. The van der Waals surface area contributed by atoms with E-state index in [4.69, 9.17) is 5.11 Å². The summed E-state index contributed by atoms with van der Waals surface area (Å²) in [6, 6.07) is -0.522. The van der Waals surface area contributed by atoms with Gasteiger partial charge in [0.15, 0.2) is 0 Å². The Hall–Kier alpha value is -1.26. The molecule has 0 saturated carbocycles. The molecule has 16 heavy (non-hydrogen) atoms. The van der Waals surface area contributed by atoms with Crippen LogP contribution in [0.2, 0.25) is 0 Å². The maximum Gasteiger partial charge on any atom is 0.317 e. The summed E-state index contributed by atoms with van der Waals surface area (Å²) in [5.41, 5.74) is 0. The van der Waals surface area contributed by atoms with Gasteiger partial charge >= 0.3 is 12.0 Å². The number of nitrogens with zero attached hydrogens (tertiary/aromatic N) is 1. The molecule has 1 atom stereocenters. The molecule has 0 aromatic heterocycles. The Morgan fingerprint density at radius 3 is 2.31 bits per heavy atom. The number of hydrogen-bond acceptors (Lipinski definition) is 2. The Kier molecular flexibility index (Phi) is 6.53. The predicted molar refractivity (Wildman–Crippen MR) is 62.3 cm³/mol. The summed E-state index contributed by atoms with van der Waals surface area (Å²) >= 11 is 0. The van der Waals surface area contributed by atoms with E-state index in [0.717, 1.165) is 6.42 Å². The fourth-order valence-electron chi connectivity index (χ4n) is 1.35. The fourth-order valence-corrected chi connectivity index (χ4v) is 1.35. The van der Waals surface area contributed by atoms with Gasteiger partial charge in [0.2, 0.25) is 0 Å². The first-order chi connectivity index (χ1) is 7.38. The molecule has 5 nitrogen and oxygen atoms in total. The minimum atomic E-state index is -0.892. The Labute approximate surface area is 96.8 Å². The van der Waals surface area contributed by atoms with Gasteiger partial charge in [0, 0.05) is 19.6 Å². The number of carboxylic acids is 1. The monoisotopic (exact) mass is 230 g/mol. The number of amides is 2. The minimum absolute atomic E-state index is 0.0383. The molecule has 2 N–H and O–H groups in total. The van der Waals surface area contributed by atoms with Crippen molar-refractivity contribution in [2.75, 3.05) is 13.6 Å². The molecule has 0 saturated heterocycles. The number of hydrogen-bond donors (Lipinski definition) is 2. The van der Waals surface area contributed by atoms with Crippen molar-refractivity contribution in [3.8, 4) is 0 Å². The third kappa shape index (κ3) is 5.58. The number of carboxylic acid groups (broad SMARTS) is 1. The zero-order valence-electron chi connectivity index (χ0n) is 10.5. The molecule has 0 fully saturated rings. The van der Waals surface area contributed by atoms with Crippen molar-refractivity contribution >= 4 is 12.0 Å². The number of rotatable bonds is 6. The zero-order chi connectivity index (χ0) is 12.7. The second kappa shape index (κ2) is 7.09. The number of aliphatic carboxylic acids is 1. The Morgan fingerprint density at radius 2 is 1.94 bits per heavy atom. The smallest absolute Gasteiger partial charge is 0.317 e. The minimum Gasteiger partial charge on any atom is -0.481 e. The van der Waals surface area contributed by atoms with Crippen molar-refractivity contribution < 1.29 is 14.7 Å². The van der Waals surface area contributed by atoms with Gasteiger partial charge < -0.3 is 15.3 Å². The number of carbonyl (C=O) groups excluding carboxylic acids is 1. The molecule has 1 unspecified atom stereocenters. The average Bonchev–Trinajstić information content (AvgIpc) is 2.16. The first-order valence-electron chi connectivity index (χ1n) is 5.61. The van der Waals surface area contributed by atoms with Crippen molar-refractivity contribution in [1.82, 2.24) is 10.2 Å². The molecule has 0 aromatic carbocycles. The van der Waals surface area contributed by atoms with E-state index in [1.807, 2.05) is 20.8 Å². The van der Waals surface area contributed by atoms with Crippen LogP contribution in [0, 0.1) is 5.92 Å². The molecule has 0 aliphatic carbocycles. The number of carbonyl (C=O) groups is 2. The lowest BCUT2D eigenvalue weighted by Crippen LogP contribution is -2.46. The maximum atomic E-state index is 11.7. The van der Waals surface area contributed by atoms with Crippen LogP contribution in [0.1, 0.15) is 33.6 Å². The third-order valence-electron chi connectivity index (χ3n) is 2.41. The predicted octanol–water partition coefficient (Wildman–Crippen LogP) is 1.54. The highest BCUT2D eigenvalue weighted by Crippen LogP contribution is 2.06. The summed E-state index contributed by atoms with van der Waals surface area (Å²) in [6.45, 7) is 6.45. The molecule has 0 rings (SSSR count).